The summed E-state index contributed by atoms with van der Waals surface area (Å²) in [5.41, 5.74) is -13.4. The monoisotopic (exact) mass is 604 g/mol. The molecule has 0 aliphatic rings. The topological polar surface area (TPSA) is 63.6 Å². The Balaban J connectivity index is 4.26. The van der Waals surface area contributed by atoms with E-state index in [4.69, 9.17) is 4.55 Å². The minimum absolute atomic E-state index is 0.102. The molecule has 0 bridgehead atoms. The number of hydrogen-bond donors (Lipinski definition) is 1. The summed E-state index contributed by atoms with van der Waals surface area (Å²) >= 11 is 0. The van der Waals surface area contributed by atoms with Gasteiger partial charge in [0, 0.05) is 0 Å². The molecule has 0 heterocycles. The van der Waals surface area contributed by atoms with Gasteiger partial charge in [-0.1, -0.05) is 0 Å². The van der Waals surface area contributed by atoms with Gasteiger partial charge in [-0.2, -0.15) is 74.3 Å². The van der Waals surface area contributed by atoms with Gasteiger partial charge in [-0.25, -0.2) is 8.78 Å². The first-order valence-electron chi connectivity index (χ1n) is 8.16. The Morgan fingerprint density at radius 1 is 0.676 bits per heavy atom. The van der Waals surface area contributed by atoms with Crippen LogP contribution in [0.1, 0.15) is 0 Å². The maximum absolute atomic E-state index is 15.0. The lowest BCUT2D eigenvalue weighted by Gasteiger charge is -2.38. The summed E-state index contributed by atoms with van der Waals surface area (Å²) < 4.78 is 259. The second-order valence-electron chi connectivity index (χ2n) is 6.56. The van der Waals surface area contributed by atoms with Crippen LogP contribution in [0.4, 0.5) is 74.6 Å². The molecule has 0 fully saturated rings. The Bertz CT molecular complexity index is 1110. The van der Waals surface area contributed by atoms with E-state index >= 15 is 4.39 Å². The van der Waals surface area contributed by atoms with Gasteiger partial charge in [0.15, 0.2) is 11.4 Å². The van der Waals surface area contributed by atoms with Gasteiger partial charge in [0.25, 0.3) is 10.1 Å². The molecule has 1 aromatic carbocycles. The molecule has 0 aliphatic heterocycles. The first kappa shape index (κ1) is 32.5. The van der Waals surface area contributed by atoms with Crippen molar-refractivity contribution in [2.75, 3.05) is 0 Å². The number of benzene rings is 1. The number of rotatable bonds is 6. The van der Waals surface area contributed by atoms with Gasteiger partial charge in [0.05, 0.1) is 4.90 Å². The average molecular weight is 604 g/mol. The van der Waals surface area contributed by atoms with E-state index < -0.39 is 74.3 Å². The third-order valence-electron chi connectivity index (χ3n) is 4.05. The third kappa shape index (κ3) is 5.67. The van der Waals surface area contributed by atoms with Crippen LogP contribution in [0.2, 0.25) is 0 Å². The second kappa shape index (κ2) is 9.05. The zero-order valence-electron chi connectivity index (χ0n) is 16.3. The maximum Gasteiger partial charge on any atom is 0.461 e. The maximum atomic E-state index is 15.0. The van der Waals surface area contributed by atoms with E-state index in [1.54, 1.807) is 0 Å². The molecule has 0 aliphatic carbocycles. The lowest BCUT2D eigenvalue weighted by molar-refractivity contribution is -0.364. The lowest BCUT2D eigenvalue weighted by Crippen LogP contribution is -2.63. The molecule has 4 nitrogen and oxygen atoms in total. The van der Waals surface area contributed by atoms with Crippen molar-refractivity contribution < 1.29 is 92.3 Å². The van der Waals surface area contributed by atoms with Crippen molar-refractivity contribution in [1.29, 1.82) is 0 Å². The molecule has 37 heavy (non-hydrogen) atoms. The molecule has 1 atom stereocenters. The second-order valence-corrected chi connectivity index (χ2v) is 7.98. The Morgan fingerprint density at radius 3 is 1.32 bits per heavy atom. The molecular weight excluding hydrogens is 599 g/mol. The van der Waals surface area contributed by atoms with Crippen molar-refractivity contribution in [1.82, 2.24) is 0 Å². The highest BCUT2D eigenvalue weighted by Gasteiger charge is 2.83. The molecular formula is C15H5F17O4S. The zero-order valence-corrected chi connectivity index (χ0v) is 17.1. The Morgan fingerprint density at radius 2 is 1.05 bits per heavy atom. The van der Waals surface area contributed by atoms with Gasteiger partial charge in [-0.15, -0.1) is 0 Å². The molecule has 1 unspecified atom stereocenters. The molecule has 22 heteroatoms. The van der Waals surface area contributed by atoms with E-state index in [1.165, 1.54) is 0 Å². The molecule has 0 spiro atoms. The van der Waals surface area contributed by atoms with E-state index in [2.05, 4.69) is 4.74 Å². The molecule has 214 valence electrons. The summed E-state index contributed by atoms with van der Waals surface area (Å²) in [6.45, 7) is 0. The van der Waals surface area contributed by atoms with Crippen LogP contribution in [0.5, 0.6) is 5.75 Å². The number of ether oxygens (including phenoxy) is 1. The first-order valence-corrected chi connectivity index (χ1v) is 9.60. The van der Waals surface area contributed by atoms with Gasteiger partial charge in [-0.3, -0.25) is 4.55 Å². The Kier molecular flexibility index (Phi) is 7.95. The van der Waals surface area contributed by atoms with E-state index in [0.717, 1.165) is 0 Å². The van der Waals surface area contributed by atoms with Gasteiger partial charge in [0.1, 0.15) is 5.75 Å². The fraction of sp³-hybridized carbons (Fsp3) is 0.467. The largest absolute Gasteiger partial charge is 0.461 e. The first-order chi connectivity index (χ1) is 16.0. The summed E-state index contributed by atoms with van der Waals surface area (Å²) in [6, 6.07) is -0.859. The number of alkyl halides is 16. The number of halogens is 17. The molecule has 0 amide bonds. The molecule has 0 saturated heterocycles. The molecule has 0 radical (unpaired) electrons. The van der Waals surface area contributed by atoms with E-state index in [9.17, 15) is 78.7 Å². The van der Waals surface area contributed by atoms with Crippen molar-refractivity contribution in [3.8, 4) is 5.75 Å². The molecule has 1 rings (SSSR count). The Labute approximate surface area is 192 Å². The van der Waals surface area contributed by atoms with E-state index in [0.29, 0.717) is 0 Å². The quantitative estimate of drug-likeness (QED) is 0.287. The van der Waals surface area contributed by atoms with Crippen molar-refractivity contribution in [2.45, 2.75) is 47.0 Å². The highest BCUT2D eigenvalue weighted by molar-refractivity contribution is 7.85. The van der Waals surface area contributed by atoms with E-state index in [1.807, 2.05) is 0 Å². The molecule has 1 N–H and O–H groups in total. The molecule has 1 aromatic rings. The van der Waals surface area contributed by atoms with Crippen LogP contribution in [0, 0.1) is 0 Å². The highest BCUT2D eigenvalue weighted by Crippen LogP contribution is 2.59. The summed E-state index contributed by atoms with van der Waals surface area (Å²) in [7, 11) is -5.25. The van der Waals surface area contributed by atoms with Crippen molar-refractivity contribution in [2.24, 2.45) is 0 Å². The fourth-order valence-electron chi connectivity index (χ4n) is 2.33. The third-order valence-corrected chi connectivity index (χ3v) is 4.92. The zero-order chi connectivity index (χ0) is 29.8. The molecule has 0 aromatic heterocycles. The molecule has 0 saturated carbocycles. The number of allylic oxidation sites excluding steroid dienone is 1. The van der Waals surface area contributed by atoms with Crippen LogP contribution in [0.3, 0.4) is 0 Å². The SMILES string of the molecule is O=S(=O)(O)c1ccc(OC(F)(/C(=C(/F)C(F)(C(F)(F)F)C(F)(F)F)C(F)(F)F)C(F)(F)C(F)(F)F)cc1. The minimum atomic E-state index is -8.00. The predicted octanol–water partition coefficient (Wildman–Crippen LogP) is 6.79. The summed E-state index contributed by atoms with van der Waals surface area (Å²) in [4.78, 5) is -1.33. The van der Waals surface area contributed by atoms with Gasteiger partial charge in [0.2, 0.25) is 0 Å². The standard InChI is InChI=1S/C15H5F17O4S/c16-8(9(17,13(24,25)26)14(27,28)29)7(11(19,20)21)10(18,12(22,23)15(30,31)32)36-5-1-3-6(4-2-5)37(33,34)35/h1-4H,(H,33,34,35)/b8-7-. The highest BCUT2D eigenvalue weighted by atomic mass is 32.2. The average Bonchev–Trinajstić information content (AvgIpc) is 2.62. The summed E-state index contributed by atoms with van der Waals surface area (Å²) in [6.07, 6.45) is -31.2. The van der Waals surface area contributed by atoms with E-state index in [-0.39, 0.29) is 24.3 Å². The lowest BCUT2D eigenvalue weighted by atomic mass is 9.91. The Hall–Kier alpha value is -2.52. The predicted molar refractivity (Wildman–Crippen MR) is 81.9 cm³/mol. The van der Waals surface area contributed by atoms with Crippen LogP contribution in [-0.2, 0) is 10.1 Å². The van der Waals surface area contributed by atoms with Gasteiger partial charge < -0.3 is 4.74 Å². The fourth-order valence-corrected chi connectivity index (χ4v) is 2.81. The van der Waals surface area contributed by atoms with Crippen LogP contribution in [-0.4, -0.2) is 55.1 Å². The van der Waals surface area contributed by atoms with Gasteiger partial charge >= 0.3 is 42.2 Å². The minimum Gasteiger partial charge on any atom is -0.448 e. The van der Waals surface area contributed by atoms with Crippen molar-refractivity contribution in [3.63, 3.8) is 0 Å². The summed E-state index contributed by atoms with van der Waals surface area (Å²) in [5, 5.41) is 0. The van der Waals surface area contributed by atoms with Crippen molar-refractivity contribution in [3.05, 3.63) is 35.7 Å². The summed E-state index contributed by atoms with van der Waals surface area (Å²) in [5.74, 6) is -23.0. The smallest absolute Gasteiger partial charge is 0.448 e. The van der Waals surface area contributed by atoms with Crippen molar-refractivity contribution >= 4 is 10.1 Å². The van der Waals surface area contributed by atoms with Crippen LogP contribution in [0.25, 0.3) is 0 Å². The van der Waals surface area contributed by atoms with Crippen LogP contribution < -0.4 is 4.74 Å². The van der Waals surface area contributed by atoms with Crippen LogP contribution in [0.15, 0.2) is 40.6 Å². The normalized spacial score (nSPS) is 17.2. The number of hydrogen-bond acceptors (Lipinski definition) is 3. The van der Waals surface area contributed by atoms with Gasteiger partial charge in [-0.05, 0) is 24.3 Å². The van der Waals surface area contributed by atoms with Crippen LogP contribution >= 0.6 is 0 Å².